The number of methoxy groups -OCH3 is 1. The Labute approximate surface area is 141 Å². The molecule has 5 atom stereocenters. The molecular formula is C16H22O7S. The Hall–Kier alpha value is -1.03. The van der Waals surface area contributed by atoms with Crippen molar-refractivity contribution < 1.29 is 32.5 Å². The molecule has 0 aliphatic carbocycles. The third-order valence-corrected chi connectivity index (χ3v) is 6.22. The summed E-state index contributed by atoms with van der Waals surface area (Å²) in [6.45, 7) is 5.27. The van der Waals surface area contributed by atoms with Gasteiger partial charge in [-0.15, -0.1) is 0 Å². The van der Waals surface area contributed by atoms with Gasteiger partial charge in [-0.3, -0.25) is 0 Å². The molecular weight excluding hydrogens is 336 g/mol. The minimum Gasteiger partial charge on any atom is -0.366 e. The molecule has 8 heteroatoms. The summed E-state index contributed by atoms with van der Waals surface area (Å²) in [5.41, 5.74) is -0.368. The molecule has 1 unspecified atom stereocenters. The molecule has 0 radical (unpaired) electrons. The van der Waals surface area contributed by atoms with Crippen molar-refractivity contribution in [3.8, 4) is 0 Å². The fourth-order valence-electron chi connectivity index (χ4n) is 3.13. The Balaban J connectivity index is 1.92. The molecule has 0 saturated carbocycles. The highest BCUT2D eigenvalue weighted by molar-refractivity contribution is 7.92. The van der Waals surface area contributed by atoms with Gasteiger partial charge in [0.1, 0.15) is 18.3 Å². The molecule has 0 spiro atoms. The van der Waals surface area contributed by atoms with Crippen molar-refractivity contribution in [2.24, 2.45) is 0 Å². The molecule has 2 aliphatic heterocycles. The Morgan fingerprint density at radius 2 is 1.75 bits per heavy atom. The second-order valence-electron chi connectivity index (χ2n) is 6.52. The lowest BCUT2D eigenvalue weighted by atomic mass is 10.1. The predicted octanol–water partition coefficient (Wildman–Crippen LogP) is 0.979. The maximum absolute atomic E-state index is 12.9. The van der Waals surface area contributed by atoms with Crippen LogP contribution in [0, 0.1) is 6.92 Å². The molecule has 2 heterocycles. The fourth-order valence-corrected chi connectivity index (χ4v) is 4.74. The van der Waals surface area contributed by atoms with Crippen molar-refractivity contribution in [3.05, 3.63) is 29.8 Å². The van der Waals surface area contributed by atoms with E-state index in [4.69, 9.17) is 18.9 Å². The van der Waals surface area contributed by atoms with Gasteiger partial charge in [0, 0.05) is 7.11 Å². The number of sulfone groups is 1. The number of aliphatic hydroxyl groups excluding tert-OH is 1. The molecule has 24 heavy (non-hydrogen) atoms. The number of hydrogen-bond acceptors (Lipinski definition) is 7. The molecule has 0 bridgehead atoms. The summed E-state index contributed by atoms with van der Waals surface area (Å²) in [6.07, 6.45) is -3.76. The summed E-state index contributed by atoms with van der Waals surface area (Å²) >= 11 is 0. The highest BCUT2D eigenvalue weighted by atomic mass is 32.2. The number of aryl methyl sites for hydroxylation is 1. The third-order valence-electron chi connectivity index (χ3n) is 4.22. The lowest BCUT2D eigenvalue weighted by molar-refractivity contribution is -0.226. The van der Waals surface area contributed by atoms with Crippen LogP contribution in [0.5, 0.6) is 0 Å². The van der Waals surface area contributed by atoms with Crippen LogP contribution < -0.4 is 0 Å². The van der Waals surface area contributed by atoms with E-state index in [9.17, 15) is 13.5 Å². The first kappa shape index (κ1) is 17.8. The van der Waals surface area contributed by atoms with Gasteiger partial charge in [0.05, 0.1) is 4.90 Å². The third kappa shape index (κ3) is 2.98. The van der Waals surface area contributed by atoms with Gasteiger partial charge in [-0.2, -0.15) is 0 Å². The lowest BCUT2D eigenvalue weighted by Crippen LogP contribution is -2.44. The second-order valence-corrected chi connectivity index (χ2v) is 8.54. The average molecular weight is 358 g/mol. The van der Waals surface area contributed by atoms with Crippen LogP contribution in [-0.2, 0) is 28.8 Å². The van der Waals surface area contributed by atoms with Gasteiger partial charge in [-0.1, -0.05) is 17.7 Å². The van der Waals surface area contributed by atoms with Crippen LogP contribution in [0.3, 0.4) is 0 Å². The topological polar surface area (TPSA) is 91.3 Å². The van der Waals surface area contributed by atoms with E-state index < -0.39 is 45.7 Å². The fraction of sp³-hybridized carbons (Fsp3) is 0.625. The summed E-state index contributed by atoms with van der Waals surface area (Å²) < 4.78 is 47.9. The molecule has 1 aromatic carbocycles. The SMILES string of the molecule is COC([C@H]1O[C@H](O)[C@H]2OC(C)(C)O[C@H]21)S(=O)(=O)c1ccc(C)cc1. The second kappa shape index (κ2) is 6.05. The van der Waals surface area contributed by atoms with E-state index in [0.717, 1.165) is 5.56 Å². The first-order chi connectivity index (χ1) is 11.2. The Morgan fingerprint density at radius 3 is 2.33 bits per heavy atom. The number of fused-ring (bicyclic) bond motifs is 1. The Morgan fingerprint density at radius 1 is 1.17 bits per heavy atom. The Kier molecular flexibility index (Phi) is 4.48. The molecule has 134 valence electrons. The standard InChI is InChI=1S/C16H22O7S/c1-9-5-7-10(8-6-9)24(18,19)15(20-4)13-11-12(14(17)21-13)23-16(2,3)22-11/h5-8,11-15,17H,1-4H3/t11-,12+,13+,14+,15?/m1/s1. The number of rotatable bonds is 4. The minimum atomic E-state index is -3.84. The molecule has 2 saturated heterocycles. The monoisotopic (exact) mass is 358 g/mol. The van der Waals surface area contributed by atoms with Crippen LogP contribution >= 0.6 is 0 Å². The summed E-state index contributed by atoms with van der Waals surface area (Å²) in [6, 6.07) is 6.47. The van der Waals surface area contributed by atoms with Crippen LogP contribution in [0.4, 0.5) is 0 Å². The van der Waals surface area contributed by atoms with Crippen LogP contribution in [0.1, 0.15) is 19.4 Å². The Bertz CT molecular complexity index is 698. The zero-order valence-electron chi connectivity index (χ0n) is 14.0. The van der Waals surface area contributed by atoms with Crippen LogP contribution in [0.25, 0.3) is 0 Å². The number of aliphatic hydroxyl groups is 1. The van der Waals surface area contributed by atoms with E-state index in [1.54, 1.807) is 26.0 Å². The molecule has 2 aliphatic rings. The molecule has 7 nitrogen and oxygen atoms in total. The zero-order valence-corrected chi connectivity index (χ0v) is 14.8. The molecule has 1 N–H and O–H groups in total. The summed E-state index contributed by atoms with van der Waals surface area (Å²) in [5, 5.41) is 10.0. The van der Waals surface area contributed by atoms with Crippen LogP contribution in [0.2, 0.25) is 0 Å². The molecule has 3 rings (SSSR count). The van der Waals surface area contributed by atoms with Crippen molar-refractivity contribution in [1.82, 2.24) is 0 Å². The van der Waals surface area contributed by atoms with Gasteiger partial charge in [-0.05, 0) is 32.9 Å². The highest BCUT2D eigenvalue weighted by Crippen LogP contribution is 2.40. The summed E-state index contributed by atoms with van der Waals surface area (Å²) in [7, 11) is -2.55. The van der Waals surface area contributed by atoms with Gasteiger partial charge < -0.3 is 24.1 Å². The largest absolute Gasteiger partial charge is 0.366 e. The number of hydrogen-bond donors (Lipinski definition) is 1. The highest BCUT2D eigenvalue weighted by Gasteiger charge is 2.59. The minimum absolute atomic E-state index is 0.125. The van der Waals surface area contributed by atoms with E-state index in [-0.39, 0.29) is 4.90 Å². The van der Waals surface area contributed by atoms with E-state index in [1.807, 2.05) is 6.92 Å². The lowest BCUT2D eigenvalue weighted by Gasteiger charge is -2.27. The van der Waals surface area contributed by atoms with Gasteiger partial charge in [0.2, 0.25) is 9.84 Å². The van der Waals surface area contributed by atoms with Gasteiger partial charge in [0.15, 0.2) is 17.5 Å². The molecule has 1 aromatic rings. The van der Waals surface area contributed by atoms with Crippen LogP contribution in [-0.4, -0.2) is 56.5 Å². The smallest absolute Gasteiger partial charge is 0.207 e. The molecule has 2 fully saturated rings. The molecule has 0 amide bonds. The van der Waals surface area contributed by atoms with Crippen molar-refractivity contribution in [2.45, 2.75) is 61.5 Å². The quantitative estimate of drug-likeness (QED) is 0.858. The molecule has 0 aromatic heterocycles. The first-order valence-corrected chi connectivity index (χ1v) is 9.23. The normalized spacial score (nSPS) is 33.4. The van der Waals surface area contributed by atoms with E-state index in [1.165, 1.54) is 19.2 Å². The summed E-state index contributed by atoms with van der Waals surface area (Å²) in [4.78, 5) is 0.125. The van der Waals surface area contributed by atoms with Crippen LogP contribution in [0.15, 0.2) is 29.2 Å². The van der Waals surface area contributed by atoms with Gasteiger partial charge in [0.25, 0.3) is 0 Å². The zero-order chi connectivity index (χ0) is 17.7. The van der Waals surface area contributed by atoms with Crippen molar-refractivity contribution in [1.29, 1.82) is 0 Å². The maximum Gasteiger partial charge on any atom is 0.207 e. The van der Waals surface area contributed by atoms with Crippen molar-refractivity contribution >= 4 is 9.84 Å². The van der Waals surface area contributed by atoms with E-state index in [0.29, 0.717) is 0 Å². The van der Waals surface area contributed by atoms with Gasteiger partial charge >= 0.3 is 0 Å². The average Bonchev–Trinajstić information content (AvgIpc) is 2.95. The number of ether oxygens (including phenoxy) is 4. The predicted molar refractivity (Wildman–Crippen MR) is 83.9 cm³/mol. The van der Waals surface area contributed by atoms with E-state index >= 15 is 0 Å². The first-order valence-electron chi connectivity index (χ1n) is 7.68. The number of benzene rings is 1. The van der Waals surface area contributed by atoms with Crippen molar-refractivity contribution in [3.63, 3.8) is 0 Å². The van der Waals surface area contributed by atoms with Crippen molar-refractivity contribution in [2.75, 3.05) is 7.11 Å². The maximum atomic E-state index is 12.9. The summed E-state index contributed by atoms with van der Waals surface area (Å²) in [5.74, 6) is -0.926. The van der Waals surface area contributed by atoms with E-state index in [2.05, 4.69) is 0 Å². The van der Waals surface area contributed by atoms with Gasteiger partial charge in [-0.25, -0.2) is 8.42 Å².